The summed E-state index contributed by atoms with van der Waals surface area (Å²) in [6.45, 7) is 9.43. The molecule has 0 aliphatic rings. The van der Waals surface area contributed by atoms with Crippen LogP contribution in [0, 0.1) is 13.8 Å². The van der Waals surface area contributed by atoms with E-state index in [0.717, 1.165) is 27.4 Å². The topological polar surface area (TPSA) is 86.8 Å². The molecule has 0 bridgehead atoms. The number of carbonyl (C=O) groups is 2. The Kier molecular flexibility index (Phi) is 10.9. The van der Waals surface area contributed by atoms with Crippen molar-refractivity contribution < 1.29 is 18.0 Å². The molecule has 0 aliphatic heterocycles. The number of nitrogens with one attached hydrogen (secondary N) is 1. The molecule has 40 heavy (non-hydrogen) atoms. The van der Waals surface area contributed by atoms with Crippen LogP contribution in [0.25, 0.3) is 0 Å². The first-order valence-electron chi connectivity index (χ1n) is 13.9. The molecule has 1 N–H and O–H groups in total. The van der Waals surface area contributed by atoms with Crippen LogP contribution in [0.5, 0.6) is 0 Å². The Labute approximate surface area is 239 Å². The van der Waals surface area contributed by atoms with Crippen molar-refractivity contribution in [2.75, 3.05) is 17.4 Å². The number of hydrogen-bond acceptors (Lipinski definition) is 4. The highest BCUT2D eigenvalue weighted by molar-refractivity contribution is 7.92. The fourth-order valence-electron chi connectivity index (χ4n) is 4.41. The number of anilines is 1. The van der Waals surface area contributed by atoms with Crippen molar-refractivity contribution in [3.05, 3.63) is 95.6 Å². The minimum atomic E-state index is -4.07. The molecule has 8 heteroatoms. The van der Waals surface area contributed by atoms with E-state index < -0.39 is 28.5 Å². The second-order valence-electron chi connectivity index (χ2n) is 10.2. The summed E-state index contributed by atoms with van der Waals surface area (Å²) in [7, 11) is -4.07. The van der Waals surface area contributed by atoms with Crippen LogP contribution >= 0.6 is 0 Å². The Bertz CT molecular complexity index is 1360. The fourth-order valence-corrected chi connectivity index (χ4v) is 5.83. The van der Waals surface area contributed by atoms with Gasteiger partial charge in [0.25, 0.3) is 10.0 Å². The van der Waals surface area contributed by atoms with Gasteiger partial charge in [-0.2, -0.15) is 0 Å². The van der Waals surface area contributed by atoms with Crippen molar-refractivity contribution in [1.29, 1.82) is 0 Å². The zero-order valence-electron chi connectivity index (χ0n) is 24.1. The van der Waals surface area contributed by atoms with Crippen molar-refractivity contribution >= 4 is 27.5 Å². The number of benzene rings is 3. The van der Waals surface area contributed by atoms with Gasteiger partial charge in [-0.1, -0.05) is 79.6 Å². The molecule has 0 aromatic heterocycles. The first kappa shape index (κ1) is 30.9. The quantitative estimate of drug-likeness (QED) is 0.307. The number of aryl methyl sites for hydroxylation is 2. The molecule has 3 aromatic rings. The zero-order valence-corrected chi connectivity index (χ0v) is 24.9. The minimum absolute atomic E-state index is 0.0430. The summed E-state index contributed by atoms with van der Waals surface area (Å²) in [6, 6.07) is 22.6. The van der Waals surface area contributed by atoms with E-state index in [0.29, 0.717) is 18.5 Å². The monoisotopic (exact) mass is 563 g/mol. The van der Waals surface area contributed by atoms with Crippen molar-refractivity contribution in [3.63, 3.8) is 0 Å². The van der Waals surface area contributed by atoms with Crippen LogP contribution in [0.15, 0.2) is 83.8 Å². The van der Waals surface area contributed by atoms with Gasteiger partial charge in [-0.15, -0.1) is 0 Å². The molecule has 0 spiro atoms. The lowest BCUT2D eigenvalue weighted by Crippen LogP contribution is -2.54. The van der Waals surface area contributed by atoms with Gasteiger partial charge in [0.15, 0.2) is 0 Å². The maximum atomic E-state index is 14.0. The molecule has 7 nitrogen and oxygen atoms in total. The Morgan fingerprint density at radius 2 is 1.40 bits per heavy atom. The van der Waals surface area contributed by atoms with Gasteiger partial charge in [0.2, 0.25) is 11.8 Å². The normalized spacial score (nSPS) is 12.8. The number of rotatable bonds is 13. The van der Waals surface area contributed by atoms with Crippen molar-refractivity contribution in [3.8, 4) is 0 Å². The van der Waals surface area contributed by atoms with Gasteiger partial charge in [-0.3, -0.25) is 13.9 Å². The smallest absolute Gasteiger partial charge is 0.264 e. The molecule has 0 radical (unpaired) electrons. The molecule has 0 saturated heterocycles. The number of hydrogen-bond donors (Lipinski definition) is 1. The highest BCUT2D eigenvalue weighted by atomic mass is 32.2. The fraction of sp³-hybridized carbons (Fsp3) is 0.375. The molecule has 3 rings (SSSR count). The number of nitrogens with zero attached hydrogens (tertiary/aromatic N) is 2. The largest absolute Gasteiger partial charge is 0.352 e. The summed E-state index contributed by atoms with van der Waals surface area (Å²) in [4.78, 5) is 29.0. The highest BCUT2D eigenvalue weighted by Gasteiger charge is 2.33. The van der Waals surface area contributed by atoms with E-state index in [1.165, 1.54) is 4.90 Å². The van der Waals surface area contributed by atoms with Crippen LogP contribution in [-0.4, -0.2) is 50.3 Å². The number of carbonyl (C=O) groups excluding carboxylic acids is 2. The predicted octanol–water partition coefficient (Wildman–Crippen LogP) is 5.26. The lowest BCUT2D eigenvalue weighted by molar-refractivity contribution is -0.139. The van der Waals surface area contributed by atoms with Gasteiger partial charge < -0.3 is 10.2 Å². The van der Waals surface area contributed by atoms with Crippen LogP contribution in [0.1, 0.15) is 50.3 Å². The standard InChI is InChI=1S/C32H41N3O4S/c1-6-26(5)33-32(37)30(7-2)34(22-21-27-11-9-8-10-12-27)31(36)23-35(28-17-13-24(3)14-18-28)40(38,39)29-19-15-25(4)16-20-29/h8-20,26,30H,6-7,21-23H2,1-5H3,(H,33,37)/t26-,30-/m1/s1. The van der Waals surface area contributed by atoms with E-state index >= 15 is 0 Å². The maximum absolute atomic E-state index is 14.0. The lowest BCUT2D eigenvalue weighted by Gasteiger charge is -2.33. The first-order valence-corrected chi connectivity index (χ1v) is 15.3. The van der Waals surface area contributed by atoms with E-state index in [1.54, 1.807) is 36.4 Å². The summed E-state index contributed by atoms with van der Waals surface area (Å²) < 4.78 is 28.9. The average Bonchev–Trinajstić information content (AvgIpc) is 2.95. The van der Waals surface area contributed by atoms with Gasteiger partial charge in [0.1, 0.15) is 12.6 Å². The van der Waals surface area contributed by atoms with E-state index in [4.69, 9.17) is 0 Å². The Balaban J connectivity index is 2.00. The molecule has 214 valence electrons. The molecule has 0 saturated carbocycles. The molecule has 0 fully saturated rings. The van der Waals surface area contributed by atoms with Crippen LogP contribution in [0.3, 0.4) is 0 Å². The van der Waals surface area contributed by atoms with Crippen molar-refractivity contribution in [2.45, 2.75) is 70.9 Å². The molecule has 0 unspecified atom stereocenters. The van der Waals surface area contributed by atoms with E-state index in [9.17, 15) is 18.0 Å². The third-order valence-corrected chi connectivity index (χ3v) is 8.87. The molecule has 2 atom stereocenters. The van der Waals surface area contributed by atoms with Crippen LogP contribution < -0.4 is 9.62 Å². The average molecular weight is 564 g/mol. The van der Waals surface area contributed by atoms with Crippen LogP contribution in [0.2, 0.25) is 0 Å². The summed E-state index contributed by atoms with van der Waals surface area (Å²) in [6.07, 6.45) is 1.70. The van der Waals surface area contributed by atoms with E-state index in [2.05, 4.69) is 5.32 Å². The van der Waals surface area contributed by atoms with Gasteiger partial charge in [-0.25, -0.2) is 8.42 Å². The molecular weight excluding hydrogens is 522 g/mol. The second kappa shape index (κ2) is 14.1. The summed E-state index contributed by atoms with van der Waals surface area (Å²) in [5.41, 5.74) is 3.32. The van der Waals surface area contributed by atoms with Crippen LogP contribution in [-0.2, 0) is 26.0 Å². The Hall–Kier alpha value is -3.65. The zero-order chi connectivity index (χ0) is 29.3. The van der Waals surface area contributed by atoms with Crippen molar-refractivity contribution in [2.24, 2.45) is 0 Å². The predicted molar refractivity (Wildman–Crippen MR) is 161 cm³/mol. The molecule has 0 heterocycles. The first-order chi connectivity index (χ1) is 19.1. The van der Waals surface area contributed by atoms with Gasteiger partial charge in [0.05, 0.1) is 10.6 Å². The van der Waals surface area contributed by atoms with Gasteiger partial charge in [-0.05, 0) is 69.9 Å². The molecule has 2 amide bonds. The van der Waals surface area contributed by atoms with E-state index in [1.807, 2.05) is 77.1 Å². The Morgan fingerprint density at radius 1 is 0.825 bits per heavy atom. The Morgan fingerprint density at radius 3 is 1.95 bits per heavy atom. The third kappa shape index (κ3) is 7.94. The number of amides is 2. The summed E-state index contributed by atoms with van der Waals surface area (Å²) >= 11 is 0. The summed E-state index contributed by atoms with van der Waals surface area (Å²) in [5, 5.41) is 3.00. The van der Waals surface area contributed by atoms with E-state index in [-0.39, 0.29) is 23.4 Å². The maximum Gasteiger partial charge on any atom is 0.264 e. The van der Waals surface area contributed by atoms with Gasteiger partial charge >= 0.3 is 0 Å². The second-order valence-corrected chi connectivity index (χ2v) is 12.1. The molecule has 0 aliphatic carbocycles. The van der Waals surface area contributed by atoms with Crippen molar-refractivity contribution in [1.82, 2.24) is 10.2 Å². The highest BCUT2D eigenvalue weighted by Crippen LogP contribution is 2.25. The lowest BCUT2D eigenvalue weighted by atomic mass is 10.1. The molecular formula is C32H41N3O4S. The SMILES string of the molecule is CC[C@@H](C)NC(=O)[C@@H](CC)N(CCc1ccccc1)C(=O)CN(c1ccc(C)cc1)S(=O)(=O)c1ccc(C)cc1. The third-order valence-electron chi connectivity index (χ3n) is 7.08. The summed E-state index contributed by atoms with van der Waals surface area (Å²) in [5.74, 6) is -0.667. The minimum Gasteiger partial charge on any atom is -0.352 e. The number of sulfonamides is 1. The van der Waals surface area contributed by atoms with Gasteiger partial charge in [0, 0.05) is 12.6 Å². The van der Waals surface area contributed by atoms with Crippen LogP contribution in [0.4, 0.5) is 5.69 Å². The molecule has 3 aromatic carbocycles.